The zero-order chi connectivity index (χ0) is 17.9. The molecular formula is C20H21FN2OS2. The number of halogens is 1. The maximum absolute atomic E-state index is 13.9. The van der Waals surface area contributed by atoms with Crippen LogP contribution in [0.5, 0.6) is 0 Å². The number of carbonyl (C=O) groups excluding carboxylic acids is 1. The van der Waals surface area contributed by atoms with Crippen LogP contribution in [-0.4, -0.2) is 48.5 Å². The van der Waals surface area contributed by atoms with Gasteiger partial charge in [-0.3, -0.25) is 4.79 Å². The van der Waals surface area contributed by atoms with Gasteiger partial charge in [0.15, 0.2) is 0 Å². The van der Waals surface area contributed by atoms with E-state index in [1.54, 1.807) is 12.1 Å². The number of para-hydroxylation sites is 1. The van der Waals surface area contributed by atoms with E-state index in [0.717, 1.165) is 5.56 Å². The first-order chi connectivity index (χ1) is 12.7. The summed E-state index contributed by atoms with van der Waals surface area (Å²) >= 11 is 3.94. The van der Waals surface area contributed by atoms with E-state index in [4.69, 9.17) is 0 Å². The number of anilines is 1. The second-order valence-electron chi connectivity index (χ2n) is 6.43. The molecule has 2 aromatic carbocycles. The van der Waals surface area contributed by atoms with Crippen LogP contribution in [0.2, 0.25) is 0 Å². The lowest BCUT2D eigenvalue weighted by atomic mass is 10.1. The molecule has 0 spiro atoms. The average Bonchev–Trinajstić information content (AvgIpc) is 3.23. The quantitative estimate of drug-likeness (QED) is 0.784. The summed E-state index contributed by atoms with van der Waals surface area (Å²) in [6.45, 7) is 2.53. The first kappa shape index (κ1) is 17.7. The molecule has 2 aliphatic heterocycles. The molecule has 2 heterocycles. The van der Waals surface area contributed by atoms with Crippen LogP contribution in [-0.2, 0) is 0 Å². The van der Waals surface area contributed by atoms with Crippen molar-refractivity contribution in [2.45, 2.75) is 4.58 Å². The minimum Gasteiger partial charge on any atom is -0.366 e. The minimum absolute atomic E-state index is 0.0662. The number of thioether (sulfide) groups is 2. The highest BCUT2D eigenvalue weighted by Gasteiger charge is 2.24. The highest BCUT2D eigenvalue weighted by atomic mass is 32.2. The Hall–Kier alpha value is -1.66. The number of piperazine rings is 1. The third-order valence-corrected chi connectivity index (χ3v) is 7.92. The van der Waals surface area contributed by atoms with Crippen LogP contribution in [0, 0.1) is 5.82 Å². The number of rotatable bonds is 3. The molecule has 0 bridgehead atoms. The summed E-state index contributed by atoms with van der Waals surface area (Å²) in [6.07, 6.45) is 0. The fourth-order valence-corrected chi connectivity index (χ4v) is 6.23. The lowest BCUT2D eigenvalue weighted by Crippen LogP contribution is -2.49. The normalized spacial score (nSPS) is 18.3. The molecular weight excluding hydrogens is 367 g/mol. The predicted octanol–water partition coefficient (Wildman–Crippen LogP) is 4.27. The number of benzene rings is 2. The summed E-state index contributed by atoms with van der Waals surface area (Å²) < 4.78 is 14.4. The molecule has 6 heteroatoms. The van der Waals surface area contributed by atoms with Crippen LogP contribution in [0.25, 0.3) is 0 Å². The van der Waals surface area contributed by atoms with Gasteiger partial charge in [-0.15, -0.1) is 23.5 Å². The summed E-state index contributed by atoms with van der Waals surface area (Å²) in [5, 5.41) is 0. The summed E-state index contributed by atoms with van der Waals surface area (Å²) in [7, 11) is 0. The molecule has 136 valence electrons. The van der Waals surface area contributed by atoms with Gasteiger partial charge in [-0.2, -0.15) is 0 Å². The summed E-state index contributed by atoms with van der Waals surface area (Å²) in [5.41, 5.74) is 2.65. The van der Waals surface area contributed by atoms with Crippen molar-refractivity contribution in [3.63, 3.8) is 0 Å². The Balaban J connectivity index is 1.38. The van der Waals surface area contributed by atoms with Crippen molar-refractivity contribution in [3.05, 3.63) is 65.5 Å². The molecule has 26 heavy (non-hydrogen) atoms. The molecule has 0 atom stereocenters. The Morgan fingerprint density at radius 2 is 1.58 bits per heavy atom. The van der Waals surface area contributed by atoms with E-state index in [9.17, 15) is 9.18 Å². The van der Waals surface area contributed by atoms with Gasteiger partial charge in [0.25, 0.3) is 5.91 Å². The highest BCUT2D eigenvalue weighted by Crippen LogP contribution is 2.45. The molecule has 0 saturated carbocycles. The molecule has 0 N–H and O–H groups in total. The maximum Gasteiger partial charge on any atom is 0.253 e. The van der Waals surface area contributed by atoms with Crippen LogP contribution >= 0.6 is 23.5 Å². The minimum atomic E-state index is -0.203. The van der Waals surface area contributed by atoms with Crippen LogP contribution in [0.1, 0.15) is 20.5 Å². The van der Waals surface area contributed by atoms with Crippen molar-refractivity contribution in [2.24, 2.45) is 0 Å². The molecule has 4 rings (SSSR count). The zero-order valence-electron chi connectivity index (χ0n) is 14.4. The molecule has 0 aromatic heterocycles. The molecule has 0 radical (unpaired) electrons. The van der Waals surface area contributed by atoms with Crippen molar-refractivity contribution < 1.29 is 9.18 Å². The molecule has 2 saturated heterocycles. The maximum atomic E-state index is 13.9. The van der Waals surface area contributed by atoms with Gasteiger partial charge < -0.3 is 9.80 Å². The van der Waals surface area contributed by atoms with E-state index in [1.807, 2.05) is 51.5 Å². The Kier molecular flexibility index (Phi) is 5.41. The Morgan fingerprint density at radius 1 is 0.923 bits per heavy atom. The van der Waals surface area contributed by atoms with E-state index in [2.05, 4.69) is 12.1 Å². The van der Waals surface area contributed by atoms with Gasteiger partial charge in [0.1, 0.15) is 5.82 Å². The third-order valence-electron chi connectivity index (χ3n) is 4.81. The average molecular weight is 389 g/mol. The first-order valence-electron chi connectivity index (χ1n) is 8.84. The van der Waals surface area contributed by atoms with Crippen molar-refractivity contribution in [1.29, 1.82) is 0 Å². The summed E-state index contributed by atoms with van der Waals surface area (Å²) in [4.78, 5) is 16.6. The second kappa shape index (κ2) is 7.92. The standard InChI is InChI=1S/C20H21FN2OS2/c21-17-3-1-2-4-18(17)22-9-11-23(12-10-22)19(24)15-5-7-16(8-6-15)20-25-13-14-26-20/h1-8,20H,9-14H2. The SMILES string of the molecule is O=C(c1ccc(C2SCCS2)cc1)N1CCN(c2ccccc2F)CC1. The van der Waals surface area contributed by atoms with Gasteiger partial charge in [-0.1, -0.05) is 24.3 Å². The third kappa shape index (κ3) is 3.71. The fourth-order valence-electron chi connectivity index (χ4n) is 3.37. The monoisotopic (exact) mass is 388 g/mol. The van der Waals surface area contributed by atoms with Crippen LogP contribution in [0.4, 0.5) is 10.1 Å². The molecule has 2 aromatic rings. The van der Waals surface area contributed by atoms with E-state index >= 15 is 0 Å². The Morgan fingerprint density at radius 3 is 2.23 bits per heavy atom. The first-order valence-corrected chi connectivity index (χ1v) is 10.9. The largest absolute Gasteiger partial charge is 0.366 e. The number of hydrogen-bond donors (Lipinski definition) is 0. The number of hydrogen-bond acceptors (Lipinski definition) is 4. The summed E-state index contributed by atoms with van der Waals surface area (Å²) in [6, 6.07) is 14.9. The predicted molar refractivity (Wildman–Crippen MR) is 109 cm³/mol. The van der Waals surface area contributed by atoms with Crippen LogP contribution in [0.3, 0.4) is 0 Å². The smallest absolute Gasteiger partial charge is 0.253 e. The molecule has 3 nitrogen and oxygen atoms in total. The van der Waals surface area contributed by atoms with Gasteiger partial charge in [-0.05, 0) is 29.8 Å². The van der Waals surface area contributed by atoms with Gasteiger partial charge in [0, 0.05) is 43.2 Å². The van der Waals surface area contributed by atoms with E-state index in [0.29, 0.717) is 36.4 Å². The van der Waals surface area contributed by atoms with Crippen molar-refractivity contribution in [2.75, 3.05) is 42.6 Å². The van der Waals surface area contributed by atoms with E-state index in [-0.39, 0.29) is 11.7 Å². The van der Waals surface area contributed by atoms with Gasteiger partial charge in [0.2, 0.25) is 0 Å². The molecule has 0 unspecified atom stereocenters. The Labute approximate surface area is 161 Å². The van der Waals surface area contributed by atoms with Crippen molar-refractivity contribution in [1.82, 2.24) is 4.90 Å². The van der Waals surface area contributed by atoms with Gasteiger partial charge >= 0.3 is 0 Å². The van der Waals surface area contributed by atoms with Gasteiger partial charge in [-0.25, -0.2) is 4.39 Å². The molecule has 2 aliphatic rings. The lowest BCUT2D eigenvalue weighted by Gasteiger charge is -2.36. The Bertz CT molecular complexity index is 770. The van der Waals surface area contributed by atoms with Crippen molar-refractivity contribution in [3.8, 4) is 0 Å². The van der Waals surface area contributed by atoms with Crippen molar-refractivity contribution >= 4 is 35.1 Å². The number of carbonyl (C=O) groups is 1. The number of amides is 1. The van der Waals surface area contributed by atoms with Crippen LogP contribution < -0.4 is 4.90 Å². The van der Waals surface area contributed by atoms with Crippen LogP contribution in [0.15, 0.2) is 48.5 Å². The van der Waals surface area contributed by atoms with E-state index < -0.39 is 0 Å². The topological polar surface area (TPSA) is 23.6 Å². The second-order valence-corrected chi connectivity index (χ2v) is 9.15. The molecule has 1 amide bonds. The lowest BCUT2D eigenvalue weighted by molar-refractivity contribution is 0.0746. The number of nitrogens with zero attached hydrogens (tertiary/aromatic N) is 2. The summed E-state index contributed by atoms with van der Waals surface area (Å²) in [5.74, 6) is 2.26. The molecule has 2 fully saturated rings. The van der Waals surface area contributed by atoms with E-state index in [1.165, 1.54) is 23.1 Å². The highest BCUT2D eigenvalue weighted by molar-refractivity contribution is 8.19. The fraction of sp³-hybridized carbons (Fsp3) is 0.350. The van der Waals surface area contributed by atoms with Gasteiger partial charge in [0.05, 0.1) is 10.3 Å². The molecule has 0 aliphatic carbocycles. The zero-order valence-corrected chi connectivity index (χ0v) is 16.1.